The molecule has 1 amide bonds. The number of hydrogen-bond donors (Lipinski definition) is 1. The third-order valence-electron chi connectivity index (χ3n) is 5.76. The summed E-state index contributed by atoms with van der Waals surface area (Å²) >= 11 is 5.99. The number of ether oxygens (including phenoxy) is 3. The lowest BCUT2D eigenvalue weighted by Gasteiger charge is -2.26. The van der Waals surface area contributed by atoms with E-state index in [2.05, 4.69) is 0 Å². The van der Waals surface area contributed by atoms with Crippen LogP contribution in [0, 0.1) is 0 Å². The van der Waals surface area contributed by atoms with Crippen LogP contribution in [0.5, 0.6) is 17.2 Å². The normalized spacial score (nSPS) is 18.4. The van der Waals surface area contributed by atoms with Gasteiger partial charge in [-0.05, 0) is 67.9 Å². The minimum Gasteiger partial charge on any atom is -0.507 e. The Kier molecular flexibility index (Phi) is 5.86. The first kappa shape index (κ1) is 22.8. The number of halogens is 1. The summed E-state index contributed by atoms with van der Waals surface area (Å²) in [4.78, 5) is 28.0. The summed E-state index contributed by atoms with van der Waals surface area (Å²) in [6.45, 7) is 3.93. The molecule has 0 aromatic heterocycles. The molecule has 35 heavy (non-hydrogen) atoms. The van der Waals surface area contributed by atoms with Gasteiger partial charge in [-0.15, -0.1) is 0 Å². The molecule has 0 radical (unpaired) electrons. The van der Waals surface area contributed by atoms with Crippen molar-refractivity contribution >= 4 is 34.7 Å². The zero-order chi connectivity index (χ0) is 24.7. The Labute approximate surface area is 207 Å². The maximum absolute atomic E-state index is 13.3. The summed E-state index contributed by atoms with van der Waals surface area (Å²) in [5.74, 6) is -0.147. The van der Waals surface area contributed by atoms with Crippen molar-refractivity contribution in [1.82, 2.24) is 0 Å². The topological polar surface area (TPSA) is 85.3 Å². The molecule has 5 rings (SSSR count). The number of carbonyl (C=O) groups is 2. The molecule has 2 aliphatic heterocycles. The van der Waals surface area contributed by atoms with E-state index in [1.807, 2.05) is 13.8 Å². The second-order valence-corrected chi connectivity index (χ2v) is 8.89. The van der Waals surface area contributed by atoms with Gasteiger partial charge in [0.25, 0.3) is 11.7 Å². The Morgan fingerprint density at radius 2 is 1.69 bits per heavy atom. The number of ketones is 1. The van der Waals surface area contributed by atoms with E-state index in [0.717, 1.165) is 0 Å². The molecule has 1 atom stereocenters. The number of aliphatic hydroxyl groups excluding tert-OH is 1. The fourth-order valence-electron chi connectivity index (χ4n) is 4.21. The number of rotatable bonds is 5. The fraction of sp³-hybridized carbons (Fsp3) is 0.185. The molecule has 1 unspecified atom stereocenters. The van der Waals surface area contributed by atoms with Crippen molar-refractivity contribution in [2.24, 2.45) is 0 Å². The lowest BCUT2D eigenvalue weighted by atomic mass is 9.95. The second kappa shape index (κ2) is 9.00. The van der Waals surface area contributed by atoms with E-state index in [1.165, 1.54) is 4.90 Å². The van der Waals surface area contributed by atoms with Crippen molar-refractivity contribution in [2.75, 3.05) is 11.7 Å². The first-order valence-electron chi connectivity index (χ1n) is 11.1. The van der Waals surface area contributed by atoms with Crippen LogP contribution in [-0.4, -0.2) is 29.7 Å². The quantitative estimate of drug-likeness (QED) is 0.289. The Morgan fingerprint density at radius 1 is 1.00 bits per heavy atom. The van der Waals surface area contributed by atoms with Crippen LogP contribution in [-0.2, 0) is 9.59 Å². The van der Waals surface area contributed by atoms with Gasteiger partial charge in [0, 0.05) is 22.3 Å². The third kappa shape index (κ3) is 4.19. The summed E-state index contributed by atoms with van der Waals surface area (Å²) in [5.41, 5.74) is 1.43. The molecule has 2 aliphatic rings. The molecule has 1 saturated heterocycles. The molecule has 3 aromatic rings. The number of Topliss-reactive ketones (excluding diaryl/α,β-unsaturated/α-hetero) is 1. The van der Waals surface area contributed by atoms with Crippen LogP contribution >= 0.6 is 11.6 Å². The van der Waals surface area contributed by atoms with Crippen LogP contribution in [0.4, 0.5) is 5.69 Å². The standard InChI is InChI=1S/C27H22ClNO6/c1-15(2)35-20-10-5-16(6-11-20)24-23(25(30)17-3-7-18(28)8-4-17)26(31)27(32)29(24)19-9-12-21-22(13-19)34-14-33-21/h3-13,15,24,30H,14H2,1-2H3/b25-23+. The van der Waals surface area contributed by atoms with Crippen molar-refractivity contribution in [3.63, 3.8) is 0 Å². The zero-order valence-electron chi connectivity index (χ0n) is 19.0. The van der Waals surface area contributed by atoms with Crippen molar-refractivity contribution in [2.45, 2.75) is 26.0 Å². The average molecular weight is 492 g/mol. The molecule has 8 heteroatoms. The van der Waals surface area contributed by atoms with Crippen LogP contribution in [0.2, 0.25) is 5.02 Å². The van der Waals surface area contributed by atoms with E-state index in [1.54, 1.807) is 66.7 Å². The van der Waals surface area contributed by atoms with E-state index in [0.29, 0.717) is 39.1 Å². The van der Waals surface area contributed by atoms with Crippen LogP contribution in [0.3, 0.4) is 0 Å². The Bertz CT molecular complexity index is 1330. The van der Waals surface area contributed by atoms with E-state index in [9.17, 15) is 14.7 Å². The fourth-order valence-corrected chi connectivity index (χ4v) is 4.34. The molecule has 0 aliphatic carbocycles. The highest BCUT2D eigenvalue weighted by atomic mass is 35.5. The minimum atomic E-state index is -0.876. The van der Waals surface area contributed by atoms with E-state index < -0.39 is 17.7 Å². The number of benzene rings is 3. The molecule has 2 heterocycles. The maximum Gasteiger partial charge on any atom is 0.300 e. The number of amides is 1. The van der Waals surface area contributed by atoms with E-state index >= 15 is 0 Å². The minimum absolute atomic E-state index is 0.00924. The monoisotopic (exact) mass is 491 g/mol. The van der Waals surface area contributed by atoms with Gasteiger partial charge >= 0.3 is 0 Å². The number of fused-ring (bicyclic) bond motifs is 1. The van der Waals surface area contributed by atoms with Gasteiger partial charge in [0.15, 0.2) is 11.5 Å². The van der Waals surface area contributed by atoms with Gasteiger partial charge in [-0.2, -0.15) is 0 Å². The SMILES string of the molecule is CC(C)Oc1ccc(C2/C(=C(\O)c3ccc(Cl)cc3)C(=O)C(=O)N2c2ccc3c(c2)OCO3)cc1. The van der Waals surface area contributed by atoms with Gasteiger partial charge in [-0.1, -0.05) is 23.7 Å². The highest BCUT2D eigenvalue weighted by molar-refractivity contribution is 6.51. The van der Waals surface area contributed by atoms with Crippen LogP contribution in [0.1, 0.15) is 31.0 Å². The highest BCUT2D eigenvalue weighted by Gasteiger charge is 2.47. The number of nitrogens with zero attached hydrogens (tertiary/aromatic N) is 1. The summed E-state index contributed by atoms with van der Waals surface area (Å²) < 4.78 is 16.6. The van der Waals surface area contributed by atoms with Crippen molar-refractivity contribution in [3.05, 3.63) is 88.5 Å². The van der Waals surface area contributed by atoms with Gasteiger partial charge in [0.2, 0.25) is 6.79 Å². The number of anilines is 1. The van der Waals surface area contributed by atoms with Gasteiger partial charge in [-0.25, -0.2) is 0 Å². The second-order valence-electron chi connectivity index (χ2n) is 8.45. The molecule has 7 nitrogen and oxygen atoms in total. The van der Waals surface area contributed by atoms with Crippen LogP contribution < -0.4 is 19.1 Å². The molecule has 1 fully saturated rings. The first-order chi connectivity index (χ1) is 16.8. The van der Waals surface area contributed by atoms with Gasteiger partial charge < -0.3 is 19.3 Å². The number of carbonyl (C=O) groups excluding carboxylic acids is 2. The number of aliphatic hydroxyl groups is 1. The Hall–Kier alpha value is -3.97. The highest BCUT2D eigenvalue weighted by Crippen LogP contribution is 2.45. The third-order valence-corrected chi connectivity index (χ3v) is 6.02. The van der Waals surface area contributed by atoms with Gasteiger partial charge in [0.1, 0.15) is 11.5 Å². The molecular weight excluding hydrogens is 470 g/mol. The molecule has 0 saturated carbocycles. The van der Waals surface area contributed by atoms with Crippen LogP contribution in [0.25, 0.3) is 5.76 Å². The molecule has 0 spiro atoms. The van der Waals surface area contributed by atoms with E-state index in [4.69, 9.17) is 25.8 Å². The lowest BCUT2D eigenvalue weighted by Crippen LogP contribution is -2.29. The molecule has 3 aromatic carbocycles. The summed E-state index contributed by atoms with van der Waals surface area (Å²) in [5, 5.41) is 11.7. The Balaban J connectivity index is 1.66. The van der Waals surface area contributed by atoms with E-state index in [-0.39, 0.29) is 24.2 Å². The molecule has 178 valence electrons. The van der Waals surface area contributed by atoms with Crippen LogP contribution in [0.15, 0.2) is 72.3 Å². The summed E-state index contributed by atoms with van der Waals surface area (Å²) in [7, 11) is 0. The predicted octanol–water partition coefficient (Wildman–Crippen LogP) is 5.48. The number of hydrogen-bond acceptors (Lipinski definition) is 6. The zero-order valence-corrected chi connectivity index (χ0v) is 19.8. The van der Waals surface area contributed by atoms with Gasteiger partial charge in [-0.3, -0.25) is 14.5 Å². The van der Waals surface area contributed by atoms with Crippen molar-refractivity contribution in [1.29, 1.82) is 0 Å². The molecule has 1 N–H and O–H groups in total. The Morgan fingerprint density at radius 3 is 2.37 bits per heavy atom. The average Bonchev–Trinajstić information content (AvgIpc) is 3.41. The smallest absolute Gasteiger partial charge is 0.300 e. The molecular formula is C27H22ClNO6. The maximum atomic E-state index is 13.3. The summed E-state index contributed by atoms with van der Waals surface area (Å²) in [6.07, 6.45) is -0.00924. The lowest BCUT2D eigenvalue weighted by molar-refractivity contribution is -0.132. The largest absolute Gasteiger partial charge is 0.507 e. The predicted molar refractivity (Wildman–Crippen MR) is 131 cm³/mol. The van der Waals surface area contributed by atoms with Gasteiger partial charge in [0.05, 0.1) is 17.7 Å². The van der Waals surface area contributed by atoms with Crippen molar-refractivity contribution < 1.29 is 28.9 Å². The van der Waals surface area contributed by atoms with Crippen molar-refractivity contribution in [3.8, 4) is 17.2 Å². The first-order valence-corrected chi connectivity index (χ1v) is 11.4. The molecule has 0 bridgehead atoms. The summed E-state index contributed by atoms with van der Waals surface area (Å²) in [6, 6.07) is 17.7.